The lowest BCUT2D eigenvalue weighted by Gasteiger charge is -2.23. The van der Waals surface area contributed by atoms with Crippen molar-refractivity contribution in [3.05, 3.63) is 54.6 Å². The Bertz CT molecular complexity index is 968. The van der Waals surface area contributed by atoms with E-state index in [2.05, 4.69) is 15.4 Å². The highest BCUT2D eigenvalue weighted by Gasteiger charge is 2.60. The zero-order chi connectivity index (χ0) is 20.1. The number of amides is 3. The molecule has 148 valence electrons. The van der Waals surface area contributed by atoms with Gasteiger partial charge >= 0.3 is 0 Å². The zero-order valence-corrected chi connectivity index (χ0v) is 15.9. The lowest BCUT2D eigenvalue weighted by atomic mass is 9.85. The summed E-state index contributed by atoms with van der Waals surface area (Å²) in [7, 11) is 0. The van der Waals surface area contributed by atoms with Gasteiger partial charge in [0.05, 0.1) is 18.4 Å². The number of hydrogen-bond acceptors (Lipinski definition) is 5. The molecule has 1 saturated heterocycles. The minimum atomic E-state index is -0.838. The van der Waals surface area contributed by atoms with Crippen molar-refractivity contribution in [2.24, 2.45) is 23.7 Å². The summed E-state index contributed by atoms with van der Waals surface area (Å²) in [4.78, 5) is 43.5. The first kappa shape index (κ1) is 17.8. The number of likely N-dealkylation sites (tertiary alicyclic amines) is 1. The molecular weight excluding hydrogens is 370 g/mol. The highest BCUT2D eigenvalue weighted by atomic mass is 16.2. The predicted octanol–water partition coefficient (Wildman–Crippen LogP) is 1.46. The van der Waals surface area contributed by atoms with E-state index in [1.807, 2.05) is 24.3 Å². The van der Waals surface area contributed by atoms with Crippen LogP contribution in [0, 0.1) is 23.7 Å². The first-order valence-corrected chi connectivity index (χ1v) is 9.80. The third-order valence-electron chi connectivity index (χ3n) is 6.30. The quantitative estimate of drug-likeness (QED) is 0.615. The van der Waals surface area contributed by atoms with Crippen LogP contribution in [-0.4, -0.2) is 43.4 Å². The number of rotatable bonds is 5. The van der Waals surface area contributed by atoms with Gasteiger partial charge in [0.15, 0.2) is 0 Å². The summed E-state index contributed by atoms with van der Waals surface area (Å²) in [6.07, 6.45) is 8.09. The Morgan fingerprint density at radius 1 is 1.14 bits per heavy atom. The number of nitrogens with zero attached hydrogens (tertiary/aromatic N) is 4. The van der Waals surface area contributed by atoms with E-state index in [9.17, 15) is 14.4 Å². The Kier molecular flexibility index (Phi) is 4.08. The SMILES string of the molecule is C[C@H](C(=O)Nc1ccc(Cn2cncn2)cc1)N1C(=O)[C@@H]2[C@H](C1=O)[C@H]1C=C[C@H]2C1. The summed E-state index contributed by atoms with van der Waals surface area (Å²) in [5.41, 5.74) is 1.63. The second kappa shape index (κ2) is 6.65. The van der Waals surface area contributed by atoms with Crippen LogP contribution >= 0.6 is 0 Å². The molecule has 29 heavy (non-hydrogen) atoms. The molecule has 3 aliphatic rings. The molecule has 0 spiro atoms. The Morgan fingerprint density at radius 2 is 1.79 bits per heavy atom. The Labute approximate surface area is 167 Å². The van der Waals surface area contributed by atoms with Crippen LogP contribution in [-0.2, 0) is 20.9 Å². The van der Waals surface area contributed by atoms with Crippen LogP contribution in [0.4, 0.5) is 5.69 Å². The van der Waals surface area contributed by atoms with Gasteiger partial charge in [0, 0.05) is 5.69 Å². The van der Waals surface area contributed by atoms with Crippen LogP contribution in [0.25, 0.3) is 0 Å². The van der Waals surface area contributed by atoms with Gasteiger partial charge in [-0.05, 0) is 42.9 Å². The van der Waals surface area contributed by atoms with Crippen molar-refractivity contribution in [3.8, 4) is 0 Å². The third-order valence-corrected chi connectivity index (χ3v) is 6.30. The van der Waals surface area contributed by atoms with E-state index in [-0.39, 0.29) is 41.4 Å². The van der Waals surface area contributed by atoms with Gasteiger partial charge in [0.1, 0.15) is 18.7 Å². The maximum atomic E-state index is 12.9. The number of nitrogens with one attached hydrogen (secondary N) is 1. The number of benzene rings is 1. The molecule has 8 nitrogen and oxygen atoms in total. The maximum Gasteiger partial charge on any atom is 0.247 e. The van der Waals surface area contributed by atoms with Crippen LogP contribution in [0.3, 0.4) is 0 Å². The molecule has 0 radical (unpaired) electrons. The second-order valence-corrected chi connectivity index (χ2v) is 8.00. The lowest BCUT2D eigenvalue weighted by Crippen LogP contribution is -2.46. The van der Waals surface area contributed by atoms with Gasteiger partial charge in [0.25, 0.3) is 0 Å². The molecule has 2 aliphatic carbocycles. The molecule has 1 saturated carbocycles. The van der Waals surface area contributed by atoms with Crippen molar-refractivity contribution < 1.29 is 14.4 Å². The van der Waals surface area contributed by atoms with Crippen LogP contribution in [0.2, 0.25) is 0 Å². The Morgan fingerprint density at radius 3 is 2.38 bits per heavy atom. The van der Waals surface area contributed by atoms with E-state index in [0.717, 1.165) is 12.0 Å². The fraction of sp³-hybridized carbons (Fsp3) is 0.381. The normalized spacial score (nSPS) is 28.1. The fourth-order valence-corrected chi connectivity index (χ4v) is 4.87. The van der Waals surface area contributed by atoms with Gasteiger partial charge in [0.2, 0.25) is 17.7 Å². The van der Waals surface area contributed by atoms with E-state index < -0.39 is 6.04 Å². The predicted molar refractivity (Wildman–Crippen MR) is 103 cm³/mol. The van der Waals surface area contributed by atoms with Crippen molar-refractivity contribution in [1.82, 2.24) is 19.7 Å². The molecular formula is C21H21N5O3. The summed E-state index contributed by atoms with van der Waals surface area (Å²) in [6, 6.07) is 6.53. The second-order valence-electron chi connectivity index (χ2n) is 8.00. The standard InChI is InChI=1S/C21H21N5O3/c1-12(26-20(28)17-14-4-5-15(8-14)18(17)21(26)29)19(27)24-16-6-2-13(3-7-16)9-25-11-22-10-23-25/h2-7,10-12,14-15,17-18H,8-9H2,1H3,(H,24,27)/t12-,14+,15+,17-,18+/m1/s1. The highest BCUT2D eigenvalue weighted by molar-refractivity contribution is 6.10. The first-order chi connectivity index (χ1) is 14.0. The highest BCUT2D eigenvalue weighted by Crippen LogP contribution is 2.52. The van der Waals surface area contributed by atoms with E-state index in [1.54, 1.807) is 30.1 Å². The molecule has 2 fully saturated rings. The largest absolute Gasteiger partial charge is 0.324 e. The fourth-order valence-electron chi connectivity index (χ4n) is 4.87. The van der Waals surface area contributed by atoms with Crippen molar-refractivity contribution in [1.29, 1.82) is 0 Å². The number of fused-ring (bicyclic) bond motifs is 5. The summed E-state index contributed by atoms with van der Waals surface area (Å²) in [5, 5.41) is 6.88. The first-order valence-electron chi connectivity index (χ1n) is 9.80. The van der Waals surface area contributed by atoms with Gasteiger partial charge in [-0.25, -0.2) is 9.67 Å². The zero-order valence-electron chi connectivity index (χ0n) is 15.9. The van der Waals surface area contributed by atoms with Crippen LogP contribution in [0.15, 0.2) is 49.1 Å². The van der Waals surface area contributed by atoms with E-state index in [4.69, 9.17) is 0 Å². The van der Waals surface area contributed by atoms with Gasteiger partial charge < -0.3 is 5.32 Å². The van der Waals surface area contributed by atoms with Gasteiger partial charge in [-0.1, -0.05) is 24.3 Å². The average Bonchev–Trinajstić information content (AvgIpc) is 3.49. The van der Waals surface area contributed by atoms with Crippen molar-refractivity contribution in [2.75, 3.05) is 5.32 Å². The molecule has 5 rings (SSSR count). The molecule has 1 aromatic carbocycles. The molecule has 5 atom stereocenters. The molecule has 2 heterocycles. The molecule has 1 aromatic heterocycles. The Hall–Kier alpha value is -3.29. The van der Waals surface area contributed by atoms with Crippen molar-refractivity contribution in [2.45, 2.75) is 25.9 Å². The summed E-state index contributed by atoms with van der Waals surface area (Å²) >= 11 is 0. The number of hydrogen-bond donors (Lipinski definition) is 1. The van der Waals surface area contributed by atoms with Crippen LogP contribution < -0.4 is 5.32 Å². The number of allylic oxidation sites excluding steroid dienone is 2. The molecule has 0 unspecified atom stereocenters. The van der Waals surface area contributed by atoms with Gasteiger partial charge in [-0.15, -0.1) is 0 Å². The molecule has 8 heteroatoms. The average molecular weight is 391 g/mol. The molecule has 1 aliphatic heterocycles. The topological polar surface area (TPSA) is 97.2 Å². The summed E-state index contributed by atoms with van der Waals surface area (Å²) < 4.78 is 1.71. The third kappa shape index (κ3) is 2.86. The monoisotopic (exact) mass is 391 g/mol. The smallest absolute Gasteiger partial charge is 0.247 e. The number of aromatic nitrogens is 3. The van der Waals surface area contributed by atoms with Crippen molar-refractivity contribution in [3.63, 3.8) is 0 Å². The van der Waals surface area contributed by atoms with E-state index >= 15 is 0 Å². The van der Waals surface area contributed by atoms with Crippen molar-refractivity contribution >= 4 is 23.4 Å². The minimum Gasteiger partial charge on any atom is -0.324 e. The molecule has 3 amide bonds. The summed E-state index contributed by atoms with van der Waals surface area (Å²) in [6.45, 7) is 2.20. The molecule has 2 bridgehead atoms. The Balaban J connectivity index is 1.25. The number of imide groups is 1. The van der Waals surface area contributed by atoms with Crippen LogP contribution in [0.1, 0.15) is 18.9 Å². The van der Waals surface area contributed by atoms with E-state index in [1.165, 1.54) is 11.2 Å². The van der Waals surface area contributed by atoms with E-state index in [0.29, 0.717) is 12.2 Å². The minimum absolute atomic E-state index is 0.138. The number of carbonyl (C=O) groups is 3. The molecule has 2 aromatic rings. The van der Waals surface area contributed by atoms with Gasteiger partial charge in [-0.2, -0.15) is 5.10 Å². The number of anilines is 1. The summed E-state index contributed by atoms with van der Waals surface area (Å²) in [5.74, 6) is -1.08. The molecule has 1 N–H and O–H groups in total. The number of carbonyl (C=O) groups excluding carboxylic acids is 3. The van der Waals surface area contributed by atoms with Gasteiger partial charge in [-0.3, -0.25) is 19.3 Å². The maximum absolute atomic E-state index is 12.9. The van der Waals surface area contributed by atoms with Crippen LogP contribution in [0.5, 0.6) is 0 Å². The lowest BCUT2D eigenvalue weighted by molar-refractivity contribution is -0.146.